The lowest BCUT2D eigenvalue weighted by Crippen LogP contribution is -2.29. The molecule has 0 bridgehead atoms. The number of nitrogens with one attached hydrogen (secondary N) is 2. The molecule has 174 valence electrons. The average Bonchev–Trinajstić information content (AvgIpc) is 3.26. The van der Waals surface area contributed by atoms with E-state index in [1.165, 1.54) is 18.3 Å². The number of anilines is 1. The number of nitrogens with zero attached hydrogens (tertiary/aromatic N) is 2. The number of piperidine rings is 1. The van der Waals surface area contributed by atoms with E-state index in [0.717, 1.165) is 31.6 Å². The first-order valence-electron chi connectivity index (χ1n) is 10.7. The highest BCUT2D eigenvalue weighted by molar-refractivity contribution is 6.05. The molecule has 2 N–H and O–H groups in total. The number of benzene rings is 2. The first-order chi connectivity index (χ1) is 15.6. The highest BCUT2D eigenvalue weighted by Gasteiger charge is 2.27. The third-order valence-electron chi connectivity index (χ3n) is 5.48. The monoisotopic (exact) mass is 472 g/mol. The second-order valence-corrected chi connectivity index (χ2v) is 7.61. The van der Waals surface area contributed by atoms with Gasteiger partial charge in [-0.2, -0.15) is 5.10 Å². The molecule has 1 saturated heterocycles. The maximum Gasteiger partial charge on any atom is 0.338 e. The van der Waals surface area contributed by atoms with Crippen LogP contribution in [0.3, 0.4) is 0 Å². The first kappa shape index (κ1) is 24.4. The molecule has 1 fully saturated rings. The highest BCUT2D eigenvalue weighted by atomic mass is 35.5. The predicted molar refractivity (Wildman–Crippen MR) is 126 cm³/mol. The van der Waals surface area contributed by atoms with Crippen LogP contribution in [0.2, 0.25) is 0 Å². The highest BCUT2D eigenvalue weighted by Crippen LogP contribution is 2.31. The topological polar surface area (TPSA) is 85.2 Å². The molecule has 9 heteroatoms. The summed E-state index contributed by atoms with van der Waals surface area (Å²) in [5, 5.41) is 10.6. The number of esters is 1. The number of amides is 1. The lowest BCUT2D eigenvalue weighted by Gasteiger charge is -2.24. The summed E-state index contributed by atoms with van der Waals surface area (Å²) in [5.41, 5.74) is 2.78. The number of halogens is 2. The molecule has 0 atom stereocenters. The SMILES string of the molecule is CCOC(=O)c1ccc(NC(=O)c2cnn(-c3cccc(F)c3)c2C2CCNCC2)cc1.Cl. The second kappa shape index (κ2) is 11.1. The van der Waals surface area contributed by atoms with Crippen LogP contribution in [0, 0.1) is 5.82 Å². The van der Waals surface area contributed by atoms with Crippen LogP contribution in [0.5, 0.6) is 0 Å². The summed E-state index contributed by atoms with van der Waals surface area (Å²) >= 11 is 0. The van der Waals surface area contributed by atoms with Gasteiger partial charge in [-0.15, -0.1) is 12.4 Å². The Hall–Kier alpha value is -3.23. The molecule has 4 rings (SSSR count). The minimum atomic E-state index is -0.407. The summed E-state index contributed by atoms with van der Waals surface area (Å²) in [4.78, 5) is 25.0. The fourth-order valence-electron chi connectivity index (χ4n) is 3.94. The van der Waals surface area contributed by atoms with Crippen molar-refractivity contribution in [2.45, 2.75) is 25.7 Å². The maximum absolute atomic E-state index is 13.9. The van der Waals surface area contributed by atoms with Crippen molar-refractivity contribution in [1.82, 2.24) is 15.1 Å². The molecular weight excluding hydrogens is 447 g/mol. The van der Waals surface area contributed by atoms with E-state index in [1.54, 1.807) is 48.0 Å². The van der Waals surface area contributed by atoms with Crippen LogP contribution in [-0.4, -0.2) is 41.4 Å². The molecule has 0 unspecified atom stereocenters. The van der Waals surface area contributed by atoms with Gasteiger partial charge in [0.25, 0.3) is 5.91 Å². The quantitative estimate of drug-likeness (QED) is 0.521. The number of carbonyl (C=O) groups excluding carboxylic acids is 2. The Kier molecular flexibility index (Phi) is 8.19. The van der Waals surface area contributed by atoms with Gasteiger partial charge < -0.3 is 15.4 Å². The van der Waals surface area contributed by atoms with Crippen molar-refractivity contribution in [2.75, 3.05) is 25.0 Å². The number of rotatable bonds is 6. The van der Waals surface area contributed by atoms with Crippen molar-refractivity contribution in [3.05, 3.63) is 77.4 Å². The third-order valence-corrected chi connectivity index (χ3v) is 5.48. The Bertz CT molecular complexity index is 1110. The lowest BCUT2D eigenvalue weighted by atomic mass is 9.91. The smallest absolute Gasteiger partial charge is 0.338 e. The molecule has 1 aliphatic rings. The summed E-state index contributed by atoms with van der Waals surface area (Å²) in [6.07, 6.45) is 3.25. The Morgan fingerprint density at radius 1 is 1.18 bits per heavy atom. The summed E-state index contributed by atoms with van der Waals surface area (Å²) in [5.74, 6) is -0.948. The van der Waals surface area contributed by atoms with Gasteiger partial charge in [-0.3, -0.25) is 4.79 Å². The molecule has 1 aliphatic heterocycles. The van der Waals surface area contributed by atoms with Crippen molar-refractivity contribution < 1.29 is 18.7 Å². The molecule has 33 heavy (non-hydrogen) atoms. The molecule has 2 heterocycles. The van der Waals surface area contributed by atoms with Crippen LogP contribution < -0.4 is 10.6 Å². The van der Waals surface area contributed by atoms with Gasteiger partial charge in [-0.1, -0.05) is 6.07 Å². The van der Waals surface area contributed by atoms with Gasteiger partial charge in [0.05, 0.1) is 35.3 Å². The molecule has 3 aromatic rings. The zero-order valence-corrected chi connectivity index (χ0v) is 19.0. The van der Waals surface area contributed by atoms with Gasteiger partial charge in [0.1, 0.15) is 5.82 Å². The summed E-state index contributed by atoms with van der Waals surface area (Å²) in [6.45, 7) is 3.73. The van der Waals surface area contributed by atoms with Crippen molar-refractivity contribution in [3.63, 3.8) is 0 Å². The number of carbonyl (C=O) groups is 2. The van der Waals surface area contributed by atoms with E-state index in [2.05, 4.69) is 15.7 Å². The van der Waals surface area contributed by atoms with Crippen molar-refractivity contribution >= 4 is 30.0 Å². The molecule has 0 spiro atoms. The molecule has 2 aromatic carbocycles. The second-order valence-electron chi connectivity index (χ2n) is 7.61. The average molecular weight is 473 g/mol. The molecule has 1 aromatic heterocycles. The van der Waals surface area contributed by atoms with E-state index in [-0.39, 0.29) is 30.0 Å². The largest absolute Gasteiger partial charge is 0.462 e. The molecule has 0 aliphatic carbocycles. The van der Waals surface area contributed by atoms with E-state index in [0.29, 0.717) is 29.1 Å². The molecule has 7 nitrogen and oxygen atoms in total. The van der Waals surface area contributed by atoms with Gasteiger partial charge >= 0.3 is 5.97 Å². The van der Waals surface area contributed by atoms with Crippen LogP contribution in [0.4, 0.5) is 10.1 Å². The lowest BCUT2D eigenvalue weighted by molar-refractivity contribution is 0.0526. The Labute approximate surface area is 197 Å². The zero-order chi connectivity index (χ0) is 22.5. The normalized spacial score (nSPS) is 13.8. The minimum Gasteiger partial charge on any atom is -0.462 e. The molecule has 1 amide bonds. The first-order valence-corrected chi connectivity index (χ1v) is 10.7. The van der Waals surface area contributed by atoms with Crippen LogP contribution in [0.15, 0.2) is 54.7 Å². The number of aromatic nitrogens is 2. The number of hydrogen-bond donors (Lipinski definition) is 2. The van der Waals surface area contributed by atoms with Gasteiger partial charge in [-0.05, 0) is 75.3 Å². The molecular formula is C24H26ClFN4O3. The summed E-state index contributed by atoms with van der Waals surface area (Å²) in [6, 6.07) is 12.7. The molecule has 0 radical (unpaired) electrons. The predicted octanol–water partition coefficient (Wildman–Crippen LogP) is 4.33. The molecule has 0 saturated carbocycles. The summed E-state index contributed by atoms with van der Waals surface area (Å²) < 4.78 is 20.5. The van der Waals surface area contributed by atoms with E-state index >= 15 is 0 Å². The maximum atomic E-state index is 13.9. The van der Waals surface area contributed by atoms with Crippen molar-refractivity contribution in [1.29, 1.82) is 0 Å². The Morgan fingerprint density at radius 2 is 1.91 bits per heavy atom. The van der Waals surface area contributed by atoms with E-state index < -0.39 is 5.97 Å². The van der Waals surface area contributed by atoms with Gasteiger partial charge in [0.2, 0.25) is 0 Å². The van der Waals surface area contributed by atoms with Crippen LogP contribution >= 0.6 is 12.4 Å². The summed E-state index contributed by atoms with van der Waals surface area (Å²) in [7, 11) is 0. The Morgan fingerprint density at radius 3 is 2.58 bits per heavy atom. The number of hydrogen-bond acceptors (Lipinski definition) is 5. The van der Waals surface area contributed by atoms with E-state index in [1.807, 2.05) is 0 Å². The van der Waals surface area contributed by atoms with Crippen LogP contribution in [0.1, 0.15) is 52.1 Å². The Balaban J connectivity index is 0.00000306. The van der Waals surface area contributed by atoms with Crippen LogP contribution in [0.25, 0.3) is 5.69 Å². The van der Waals surface area contributed by atoms with Gasteiger partial charge in [-0.25, -0.2) is 13.9 Å². The van der Waals surface area contributed by atoms with E-state index in [9.17, 15) is 14.0 Å². The fourth-order valence-corrected chi connectivity index (χ4v) is 3.94. The van der Waals surface area contributed by atoms with Crippen molar-refractivity contribution in [2.24, 2.45) is 0 Å². The van der Waals surface area contributed by atoms with Gasteiger partial charge in [0.15, 0.2) is 0 Å². The van der Waals surface area contributed by atoms with Crippen molar-refractivity contribution in [3.8, 4) is 5.69 Å². The fraction of sp³-hybridized carbons (Fsp3) is 0.292. The standard InChI is InChI=1S/C24H25FN4O3.ClH/c1-2-32-24(31)17-6-8-19(9-7-17)28-23(30)21-15-27-29(20-5-3-4-18(25)14-20)22(21)16-10-12-26-13-11-16;/h3-9,14-16,26H,2,10-13H2,1H3,(H,28,30);1H. The number of ether oxygens (including phenoxy) is 1. The third kappa shape index (κ3) is 5.58. The van der Waals surface area contributed by atoms with Gasteiger partial charge in [0, 0.05) is 11.6 Å². The zero-order valence-electron chi connectivity index (χ0n) is 18.2. The van der Waals surface area contributed by atoms with E-state index in [4.69, 9.17) is 4.74 Å². The minimum absolute atomic E-state index is 0. The van der Waals surface area contributed by atoms with Crippen LogP contribution in [-0.2, 0) is 4.74 Å².